The van der Waals surface area contributed by atoms with Crippen LogP contribution in [-0.4, -0.2) is 40.5 Å². The first-order valence-electron chi connectivity index (χ1n) is 5.39. The maximum absolute atomic E-state index is 5.33. The Morgan fingerprint density at radius 3 is 2.06 bits per heavy atom. The van der Waals surface area contributed by atoms with Crippen molar-refractivity contribution in [3.63, 3.8) is 0 Å². The SMILES string of the molecule is COc1cc(OC)cc(N2CCOCC2)c1. The molecule has 0 amide bonds. The lowest BCUT2D eigenvalue weighted by Crippen LogP contribution is -2.36. The van der Waals surface area contributed by atoms with Crippen molar-refractivity contribution in [1.29, 1.82) is 0 Å². The molecule has 0 aromatic heterocycles. The van der Waals surface area contributed by atoms with Crippen LogP contribution in [0.1, 0.15) is 0 Å². The molecule has 2 rings (SSSR count). The van der Waals surface area contributed by atoms with Crippen molar-refractivity contribution in [3.8, 4) is 11.5 Å². The van der Waals surface area contributed by atoms with Crippen molar-refractivity contribution in [2.45, 2.75) is 0 Å². The third-order valence-electron chi connectivity index (χ3n) is 2.71. The van der Waals surface area contributed by atoms with E-state index in [0.717, 1.165) is 43.5 Å². The molecule has 16 heavy (non-hydrogen) atoms. The summed E-state index contributed by atoms with van der Waals surface area (Å²) < 4.78 is 15.8. The molecule has 1 aliphatic heterocycles. The largest absolute Gasteiger partial charge is 0.497 e. The first-order chi connectivity index (χ1) is 7.83. The first kappa shape index (κ1) is 11.1. The summed E-state index contributed by atoms with van der Waals surface area (Å²) in [6.07, 6.45) is 0. The molecule has 0 radical (unpaired) electrons. The van der Waals surface area contributed by atoms with Crippen molar-refractivity contribution in [3.05, 3.63) is 18.2 Å². The van der Waals surface area contributed by atoms with Crippen molar-refractivity contribution < 1.29 is 14.2 Å². The molecule has 0 saturated carbocycles. The van der Waals surface area contributed by atoms with Crippen molar-refractivity contribution in [2.75, 3.05) is 45.4 Å². The van der Waals surface area contributed by atoms with Crippen LogP contribution in [0.2, 0.25) is 0 Å². The number of ether oxygens (including phenoxy) is 3. The van der Waals surface area contributed by atoms with Crippen LogP contribution in [0.4, 0.5) is 5.69 Å². The molecule has 1 saturated heterocycles. The molecule has 0 aliphatic carbocycles. The van der Waals surface area contributed by atoms with E-state index in [9.17, 15) is 0 Å². The summed E-state index contributed by atoms with van der Waals surface area (Å²) >= 11 is 0. The summed E-state index contributed by atoms with van der Waals surface area (Å²) in [4.78, 5) is 2.27. The average molecular weight is 223 g/mol. The zero-order valence-corrected chi connectivity index (χ0v) is 9.73. The zero-order valence-electron chi connectivity index (χ0n) is 9.73. The number of methoxy groups -OCH3 is 2. The van der Waals surface area contributed by atoms with Crippen LogP contribution in [0.3, 0.4) is 0 Å². The third-order valence-corrected chi connectivity index (χ3v) is 2.71. The minimum absolute atomic E-state index is 0.777. The Kier molecular flexibility index (Phi) is 3.51. The van der Waals surface area contributed by atoms with Gasteiger partial charge in [0.1, 0.15) is 11.5 Å². The van der Waals surface area contributed by atoms with Gasteiger partial charge in [0.2, 0.25) is 0 Å². The molecule has 1 fully saturated rings. The van der Waals surface area contributed by atoms with E-state index in [0.29, 0.717) is 0 Å². The summed E-state index contributed by atoms with van der Waals surface area (Å²) in [5.41, 5.74) is 1.12. The van der Waals surface area contributed by atoms with Crippen LogP contribution in [-0.2, 0) is 4.74 Å². The van der Waals surface area contributed by atoms with Crippen LogP contribution >= 0.6 is 0 Å². The molecule has 4 nitrogen and oxygen atoms in total. The van der Waals surface area contributed by atoms with Gasteiger partial charge in [-0.2, -0.15) is 0 Å². The molecule has 0 unspecified atom stereocenters. The molecule has 4 heteroatoms. The fraction of sp³-hybridized carbons (Fsp3) is 0.500. The Morgan fingerprint density at radius 1 is 1.00 bits per heavy atom. The summed E-state index contributed by atoms with van der Waals surface area (Å²) in [5.74, 6) is 1.64. The molecule has 1 aromatic carbocycles. The molecular weight excluding hydrogens is 206 g/mol. The van der Waals surface area contributed by atoms with E-state index in [1.165, 1.54) is 0 Å². The summed E-state index contributed by atoms with van der Waals surface area (Å²) in [6.45, 7) is 3.38. The number of benzene rings is 1. The molecule has 1 heterocycles. The van der Waals surface area contributed by atoms with Gasteiger partial charge in [-0.05, 0) is 0 Å². The number of morpholine rings is 1. The van der Waals surface area contributed by atoms with E-state index < -0.39 is 0 Å². The van der Waals surface area contributed by atoms with Gasteiger partial charge in [0.25, 0.3) is 0 Å². The fourth-order valence-corrected chi connectivity index (χ4v) is 1.80. The average Bonchev–Trinajstić information content (AvgIpc) is 2.39. The quantitative estimate of drug-likeness (QED) is 0.777. The van der Waals surface area contributed by atoms with Crippen molar-refractivity contribution >= 4 is 5.69 Å². The molecule has 1 aromatic rings. The number of hydrogen-bond donors (Lipinski definition) is 0. The van der Waals surface area contributed by atoms with Crippen LogP contribution < -0.4 is 14.4 Å². The Labute approximate surface area is 95.7 Å². The molecule has 0 bridgehead atoms. The smallest absolute Gasteiger partial charge is 0.124 e. The van der Waals surface area contributed by atoms with Gasteiger partial charge >= 0.3 is 0 Å². The Morgan fingerprint density at radius 2 is 1.56 bits per heavy atom. The van der Waals surface area contributed by atoms with Gasteiger partial charge in [0, 0.05) is 37.0 Å². The third kappa shape index (κ3) is 2.39. The summed E-state index contributed by atoms with van der Waals surface area (Å²) in [5, 5.41) is 0. The number of anilines is 1. The fourth-order valence-electron chi connectivity index (χ4n) is 1.80. The van der Waals surface area contributed by atoms with Gasteiger partial charge in [0.05, 0.1) is 27.4 Å². The number of nitrogens with zero attached hydrogens (tertiary/aromatic N) is 1. The number of rotatable bonds is 3. The van der Waals surface area contributed by atoms with E-state index >= 15 is 0 Å². The molecule has 0 atom stereocenters. The Bertz CT molecular complexity index is 326. The van der Waals surface area contributed by atoms with E-state index in [4.69, 9.17) is 14.2 Å². The van der Waals surface area contributed by atoms with Gasteiger partial charge < -0.3 is 19.1 Å². The van der Waals surface area contributed by atoms with Gasteiger partial charge in [-0.15, -0.1) is 0 Å². The summed E-state index contributed by atoms with van der Waals surface area (Å²) in [6, 6.07) is 5.92. The standard InChI is InChI=1S/C12H17NO3/c1-14-11-7-10(8-12(9-11)15-2)13-3-5-16-6-4-13/h7-9H,3-6H2,1-2H3. The lowest BCUT2D eigenvalue weighted by Gasteiger charge is -2.29. The van der Waals surface area contributed by atoms with E-state index in [-0.39, 0.29) is 0 Å². The highest BCUT2D eigenvalue weighted by Gasteiger charge is 2.13. The minimum atomic E-state index is 0.777. The molecule has 88 valence electrons. The zero-order chi connectivity index (χ0) is 11.4. The van der Waals surface area contributed by atoms with Crippen LogP contribution in [0.5, 0.6) is 11.5 Å². The Balaban J connectivity index is 2.24. The van der Waals surface area contributed by atoms with Crippen LogP contribution in [0.15, 0.2) is 18.2 Å². The maximum Gasteiger partial charge on any atom is 0.124 e. The highest BCUT2D eigenvalue weighted by molar-refractivity contribution is 5.55. The van der Waals surface area contributed by atoms with Crippen LogP contribution in [0, 0.1) is 0 Å². The monoisotopic (exact) mass is 223 g/mol. The second kappa shape index (κ2) is 5.07. The van der Waals surface area contributed by atoms with Crippen molar-refractivity contribution in [1.82, 2.24) is 0 Å². The second-order valence-corrected chi connectivity index (χ2v) is 3.67. The highest BCUT2D eigenvalue weighted by Crippen LogP contribution is 2.28. The number of hydrogen-bond acceptors (Lipinski definition) is 4. The summed E-state index contributed by atoms with van der Waals surface area (Å²) in [7, 11) is 3.33. The minimum Gasteiger partial charge on any atom is -0.497 e. The van der Waals surface area contributed by atoms with E-state index in [1.54, 1.807) is 14.2 Å². The molecule has 1 aliphatic rings. The van der Waals surface area contributed by atoms with Crippen LogP contribution in [0.25, 0.3) is 0 Å². The predicted molar refractivity (Wildman–Crippen MR) is 62.6 cm³/mol. The van der Waals surface area contributed by atoms with Gasteiger partial charge in [-0.1, -0.05) is 0 Å². The molecule has 0 N–H and O–H groups in total. The van der Waals surface area contributed by atoms with Gasteiger partial charge in [-0.3, -0.25) is 0 Å². The van der Waals surface area contributed by atoms with Gasteiger partial charge in [0.15, 0.2) is 0 Å². The molecular formula is C12H17NO3. The molecule has 0 spiro atoms. The van der Waals surface area contributed by atoms with E-state index in [1.807, 2.05) is 18.2 Å². The van der Waals surface area contributed by atoms with Gasteiger partial charge in [-0.25, -0.2) is 0 Å². The highest BCUT2D eigenvalue weighted by atomic mass is 16.5. The predicted octanol–water partition coefficient (Wildman–Crippen LogP) is 1.54. The van der Waals surface area contributed by atoms with E-state index in [2.05, 4.69) is 4.90 Å². The topological polar surface area (TPSA) is 30.9 Å². The Hall–Kier alpha value is -1.42. The second-order valence-electron chi connectivity index (χ2n) is 3.67. The lowest BCUT2D eigenvalue weighted by atomic mass is 10.2. The normalized spacial score (nSPS) is 16.0. The maximum atomic E-state index is 5.33. The lowest BCUT2D eigenvalue weighted by molar-refractivity contribution is 0.122. The first-order valence-corrected chi connectivity index (χ1v) is 5.39. The van der Waals surface area contributed by atoms with Crippen molar-refractivity contribution in [2.24, 2.45) is 0 Å².